The molecule has 2 heterocycles. The zero-order valence-corrected chi connectivity index (χ0v) is 12.0. The molecule has 2 fully saturated rings. The minimum atomic E-state index is 0.643. The molecule has 0 spiro atoms. The Balaban J connectivity index is 1.67. The van der Waals surface area contributed by atoms with Gasteiger partial charge in [0.05, 0.1) is 13.2 Å². The predicted molar refractivity (Wildman–Crippen MR) is 79.6 cm³/mol. The minimum absolute atomic E-state index is 0.643. The van der Waals surface area contributed by atoms with E-state index in [0.717, 1.165) is 56.8 Å². The molecule has 1 aromatic carbocycles. The molecular formula is C16H22N2O2. The lowest BCUT2D eigenvalue weighted by Gasteiger charge is -2.32. The SMILES string of the molecule is Cc1cc(N2CCC(N3CCOCC3)C2)ccc1C=O. The van der Waals surface area contributed by atoms with Gasteiger partial charge in [-0.15, -0.1) is 0 Å². The molecule has 0 radical (unpaired) electrons. The maximum atomic E-state index is 10.9. The Hall–Kier alpha value is -1.39. The lowest BCUT2D eigenvalue weighted by Crippen LogP contribution is -2.44. The van der Waals surface area contributed by atoms with Crippen LogP contribution >= 0.6 is 0 Å². The Morgan fingerprint density at radius 2 is 2.05 bits per heavy atom. The smallest absolute Gasteiger partial charge is 0.150 e. The first-order chi connectivity index (χ1) is 9.78. The second-order valence-electron chi connectivity index (χ2n) is 5.70. The van der Waals surface area contributed by atoms with Gasteiger partial charge >= 0.3 is 0 Å². The topological polar surface area (TPSA) is 32.8 Å². The zero-order valence-electron chi connectivity index (χ0n) is 12.0. The molecule has 2 aliphatic rings. The molecule has 0 aromatic heterocycles. The van der Waals surface area contributed by atoms with Crippen LogP contribution in [-0.4, -0.2) is 56.6 Å². The summed E-state index contributed by atoms with van der Waals surface area (Å²) in [6.07, 6.45) is 2.15. The Morgan fingerprint density at radius 1 is 1.25 bits per heavy atom. The molecule has 0 amide bonds. The second kappa shape index (κ2) is 5.94. The van der Waals surface area contributed by atoms with Gasteiger partial charge in [-0.05, 0) is 37.1 Å². The van der Waals surface area contributed by atoms with Crippen molar-refractivity contribution in [1.82, 2.24) is 4.90 Å². The van der Waals surface area contributed by atoms with E-state index < -0.39 is 0 Å². The number of benzene rings is 1. The Labute approximate surface area is 120 Å². The predicted octanol–water partition coefficient (Wildman–Crippen LogP) is 1.72. The van der Waals surface area contributed by atoms with E-state index in [1.165, 1.54) is 12.1 Å². The van der Waals surface area contributed by atoms with Crippen LogP contribution in [-0.2, 0) is 4.74 Å². The molecule has 2 aliphatic heterocycles. The zero-order chi connectivity index (χ0) is 13.9. The summed E-state index contributed by atoms with van der Waals surface area (Å²) in [7, 11) is 0. The van der Waals surface area contributed by atoms with Crippen molar-refractivity contribution >= 4 is 12.0 Å². The summed E-state index contributed by atoms with van der Waals surface area (Å²) in [5, 5.41) is 0. The summed E-state index contributed by atoms with van der Waals surface area (Å²) in [5.74, 6) is 0. The first-order valence-corrected chi connectivity index (χ1v) is 7.40. The van der Waals surface area contributed by atoms with Crippen LogP contribution in [0.5, 0.6) is 0 Å². The number of nitrogens with zero attached hydrogens (tertiary/aromatic N) is 2. The molecule has 20 heavy (non-hydrogen) atoms. The van der Waals surface area contributed by atoms with Crippen molar-refractivity contribution in [2.24, 2.45) is 0 Å². The van der Waals surface area contributed by atoms with Crippen LogP contribution in [0.4, 0.5) is 5.69 Å². The number of hydrogen-bond acceptors (Lipinski definition) is 4. The monoisotopic (exact) mass is 274 g/mol. The fraction of sp³-hybridized carbons (Fsp3) is 0.562. The van der Waals surface area contributed by atoms with Crippen molar-refractivity contribution < 1.29 is 9.53 Å². The van der Waals surface area contributed by atoms with Crippen molar-refractivity contribution in [3.05, 3.63) is 29.3 Å². The summed E-state index contributed by atoms with van der Waals surface area (Å²) >= 11 is 0. The van der Waals surface area contributed by atoms with E-state index >= 15 is 0 Å². The Kier molecular flexibility index (Phi) is 4.03. The lowest BCUT2D eigenvalue weighted by molar-refractivity contribution is 0.0209. The third-order valence-electron chi connectivity index (χ3n) is 4.47. The highest BCUT2D eigenvalue weighted by molar-refractivity contribution is 5.78. The molecule has 1 atom stereocenters. The third-order valence-corrected chi connectivity index (χ3v) is 4.47. The average Bonchev–Trinajstić information content (AvgIpc) is 2.98. The number of rotatable bonds is 3. The van der Waals surface area contributed by atoms with Crippen LogP contribution in [0, 0.1) is 6.92 Å². The van der Waals surface area contributed by atoms with Gasteiger partial charge in [0, 0.05) is 43.5 Å². The maximum absolute atomic E-state index is 10.9. The van der Waals surface area contributed by atoms with E-state index in [4.69, 9.17) is 4.74 Å². The first kappa shape index (κ1) is 13.6. The van der Waals surface area contributed by atoms with Crippen LogP contribution in [0.15, 0.2) is 18.2 Å². The van der Waals surface area contributed by atoms with Gasteiger partial charge < -0.3 is 9.64 Å². The molecule has 2 saturated heterocycles. The normalized spacial score (nSPS) is 24.1. The third kappa shape index (κ3) is 2.72. The van der Waals surface area contributed by atoms with Crippen molar-refractivity contribution in [1.29, 1.82) is 0 Å². The molecule has 0 aliphatic carbocycles. The number of ether oxygens (including phenoxy) is 1. The van der Waals surface area contributed by atoms with Gasteiger partial charge in [-0.1, -0.05) is 0 Å². The standard InChI is InChI=1S/C16H22N2O2/c1-13-10-15(3-2-14(13)12-19)18-5-4-16(11-18)17-6-8-20-9-7-17/h2-3,10,12,16H,4-9,11H2,1H3. The largest absolute Gasteiger partial charge is 0.379 e. The van der Waals surface area contributed by atoms with Gasteiger partial charge in [0.15, 0.2) is 0 Å². The van der Waals surface area contributed by atoms with Crippen molar-refractivity contribution in [3.8, 4) is 0 Å². The van der Waals surface area contributed by atoms with Gasteiger partial charge in [-0.25, -0.2) is 0 Å². The Bertz CT molecular complexity index is 483. The van der Waals surface area contributed by atoms with Crippen molar-refractivity contribution in [2.75, 3.05) is 44.3 Å². The van der Waals surface area contributed by atoms with Crippen LogP contribution in [0.1, 0.15) is 22.3 Å². The number of morpholine rings is 1. The number of carbonyl (C=O) groups excluding carboxylic acids is 1. The van der Waals surface area contributed by atoms with Crippen LogP contribution in [0.2, 0.25) is 0 Å². The highest BCUT2D eigenvalue weighted by Gasteiger charge is 2.28. The highest BCUT2D eigenvalue weighted by Crippen LogP contribution is 2.25. The highest BCUT2D eigenvalue weighted by atomic mass is 16.5. The number of hydrogen-bond donors (Lipinski definition) is 0. The number of aryl methyl sites for hydroxylation is 1. The molecule has 0 saturated carbocycles. The minimum Gasteiger partial charge on any atom is -0.379 e. The Morgan fingerprint density at radius 3 is 2.75 bits per heavy atom. The summed E-state index contributed by atoms with van der Waals surface area (Å²) in [4.78, 5) is 15.9. The summed E-state index contributed by atoms with van der Waals surface area (Å²) in [6, 6.07) is 6.77. The molecule has 1 aromatic rings. The maximum Gasteiger partial charge on any atom is 0.150 e. The van der Waals surface area contributed by atoms with Gasteiger partial charge in [0.2, 0.25) is 0 Å². The first-order valence-electron chi connectivity index (χ1n) is 7.40. The molecule has 4 nitrogen and oxygen atoms in total. The van der Waals surface area contributed by atoms with Crippen LogP contribution < -0.4 is 4.90 Å². The fourth-order valence-electron chi connectivity index (χ4n) is 3.21. The second-order valence-corrected chi connectivity index (χ2v) is 5.70. The van der Waals surface area contributed by atoms with E-state index in [-0.39, 0.29) is 0 Å². The lowest BCUT2D eigenvalue weighted by atomic mass is 10.1. The fourth-order valence-corrected chi connectivity index (χ4v) is 3.21. The van der Waals surface area contributed by atoms with Crippen LogP contribution in [0.25, 0.3) is 0 Å². The van der Waals surface area contributed by atoms with Crippen molar-refractivity contribution in [3.63, 3.8) is 0 Å². The van der Waals surface area contributed by atoms with E-state index in [1.54, 1.807) is 0 Å². The molecule has 3 rings (SSSR count). The number of anilines is 1. The van der Waals surface area contributed by atoms with Gasteiger partial charge in [0.1, 0.15) is 6.29 Å². The van der Waals surface area contributed by atoms with Crippen LogP contribution in [0.3, 0.4) is 0 Å². The molecule has 4 heteroatoms. The number of carbonyl (C=O) groups is 1. The van der Waals surface area contributed by atoms with E-state index in [1.807, 2.05) is 13.0 Å². The average molecular weight is 274 g/mol. The van der Waals surface area contributed by atoms with Gasteiger partial charge in [-0.3, -0.25) is 9.69 Å². The quantitative estimate of drug-likeness (QED) is 0.786. The molecule has 108 valence electrons. The van der Waals surface area contributed by atoms with Crippen molar-refractivity contribution in [2.45, 2.75) is 19.4 Å². The number of aldehydes is 1. The van der Waals surface area contributed by atoms with E-state index in [0.29, 0.717) is 6.04 Å². The summed E-state index contributed by atoms with van der Waals surface area (Å²) in [5.41, 5.74) is 3.09. The molecular weight excluding hydrogens is 252 g/mol. The van der Waals surface area contributed by atoms with E-state index in [2.05, 4.69) is 21.9 Å². The summed E-state index contributed by atoms with van der Waals surface area (Å²) < 4.78 is 5.42. The van der Waals surface area contributed by atoms with Gasteiger partial charge in [0.25, 0.3) is 0 Å². The summed E-state index contributed by atoms with van der Waals surface area (Å²) in [6.45, 7) is 8.03. The molecule has 1 unspecified atom stereocenters. The van der Waals surface area contributed by atoms with Gasteiger partial charge in [-0.2, -0.15) is 0 Å². The molecule has 0 N–H and O–H groups in total. The van der Waals surface area contributed by atoms with E-state index in [9.17, 15) is 4.79 Å². The molecule has 0 bridgehead atoms.